The lowest BCUT2D eigenvalue weighted by molar-refractivity contribution is -0.132. The number of hydrogen-bond acceptors (Lipinski definition) is 2. The van der Waals surface area contributed by atoms with Crippen molar-refractivity contribution in [3.8, 4) is 0 Å². The summed E-state index contributed by atoms with van der Waals surface area (Å²) in [6.07, 6.45) is 7.05. The summed E-state index contributed by atoms with van der Waals surface area (Å²) in [6.45, 7) is 4.37. The second kappa shape index (κ2) is 6.05. The van der Waals surface area contributed by atoms with Crippen LogP contribution in [0.25, 0.3) is 0 Å². The molecule has 3 nitrogen and oxygen atoms in total. The zero-order chi connectivity index (χ0) is 13.1. The summed E-state index contributed by atoms with van der Waals surface area (Å²) in [5.41, 5.74) is 0. The number of hydrogen-bond donors (Lipinski definition) is 2. The summed E-state index contributed by atoms with van der Waals surface area (Å²) >= 11 is 0. The van der Waals surface area contributed by atoms with Crippen molar-refractivity contribution in [2.45, 2.75) is 58.5 Å². The third-order valence-corrected chi connectivity index (χ3v) is 4.87. The first-order valence-electron chi connectivity index (χ1n) is 7.55. The van der Waals surface area contributed by atoms with Crippen LogP contribution < -0.4 is 5.32 Å². The van der Waals surface area contributed by atoms with Gasteiger partial charge in [-0.05, 0) is 43.4 Å². The van der Waals surface area contributed by atoms with Gasteiger partial charge < -0.3 is 10.4 Å². The number of carbonyl (C=O) groups excluding carboxylic acids is 1. The fourth-order valence-electron chi connectivity index (χ4n) is 2.97. The van der Waals surface area contributed by atoms with Crippen LogP contribution in [-0.4, -0.2) is 23.7 Å². The van der Waals surface area contributed by atoms with Crippen molar-refractivity contribution in [1.29, 1.82) is 0 Å². The van der Waals surface area contributed by atoms with E-state index in [1.807, 2.05) is 13.8 Å². The molecular formula is C15H27NO2. The van der Waals surface area contributed by atoms with Crippen LogP contribution in [0, 0.1) is 23.7 Å². The minimum atomic E-state index is -0.419. The first-order valence-corrected chi connectivity index (χ1v) is 7.55. The van der Waals surface area contributed by atoms with E-state index in [1.165, 1.54) is 38.5 Å². The Bertz CT molecular complexity index is 268. The highest BCUT2D eigenvalue weighted by Crippen LogP contribution is 2.44. The maximum absolute atomic E-state index is 12.3. The Labute approximate surface area is 110 Å². The molecule has 0 bridgehead atoms. The highest BCUT2D eigenvalue weighted by molar-refractivity contribution is 5.79. The summed E-state index contributed by atoms with van der Waals surface area (Å²) < 4.78 is 0. The zero-order valence-corrected chi connectivity index (χ0v) is 11.7. The molecule has 0 aliphatic heterocycles. The van der Waals surface area contributed by atoms with E-state index in [0.29, 0.717) is 18.4 Å². The van der Waals surface area contributed by atoms with Gasteiger partial charge in [0.2, 0.25) is 5.91 Å². The quantitative estimate of drug-likeness (QED) is 0.763. The molecule has 0 heterocycles. The molecule has 0 saturated heterocycles. The molecule has 18 heavy (non-hydrogen) atoms. The van der Waals surface area contributed by atoms with Gasteiger partial charge in [-0.2, -0.15) is 0 Å². The van der Waals surface area contributed by atoms with Crippen molar-refractivity contribution in [2.75, 3.05) is 6.54 Å². The van der Waals surface area contributed by atoms with Gasteiger partial charge in [-0.3, -0.25) is 4.79 Å². The molecular weight excluding hydrogens is 226 g/mol. The Kier molecular flexibility index (Phi) is 4.66. The molecule has 0 spiro atoms. The highest BCUT2D eigenvalue weighted by atomic mass is 16.3. The van der Waals surface area contributed by atoms with Crippen LogP contribution in [0.3, 0.4) is 0 Å². The second-order valence-corrected chi connectivity index (χ2v) is 6.46. The van der Waals surface area contributed by atoms with Crippen LogP contribution in [0.4, 0.5) is 0 Å². The van der Waals surface area contributed by atoms with Gasteiger partial charge in [0.05, 0.1) is 6.10 Å². The van der Waals surface area contributed by atoms with Gasteiger partial charge in [-0.1, -0.05) is 26.7 Å². The topological polar surface area (TPSA) is 49.3 Å². The summed E-state index contributed by atoms with van der Waals surface area (Å²) in [6, 6.07) is 0. The molecule has 2 aliphatic rings. The van der Waals surface area contributed by atoms with Crippen LogP contribution in [-0.2, 0) is 4.79 Å². The third-order valence-electron chi connectivity index (χ3n) is 4.87. The molecule has 1 amide bonds. The van der Waals surface area contributed by atoms with Gasteiger partial charge in [0, 0.05) is 12.5 Å². The number of rotatable bonds is 6. The first kappa shape index (κ1) is 13.9. The van der Waals surface area contributed by atoms with E-state index in [0.717, 1.165) is 0 Å². The van der Waals surface area contributed by atoms with E-state index >= 15 is 0 Å². The van der Waals surface area contributed by atoms with Crippen LogP contribution >= 0.6 is 0 Å². The van der Waals surface area contributed by atoms with Crippen molar-refractivity contribution >= 4 is 5.91 Å². The lowest BCUT2D eigenvalue weighted by Crippen LogP contribution is -2.46. The number of nitrogens with one attached hydrogen (secondary N) is 1. The zero-order valence-electron chi connectivity index (χ0n) is 11.7. The minimum Gasteiger partial charge on any atom is -0.391 e. The normalized spacial score (nSPS) is 22.7. The Morgan fingerprint density at radius 3 is 2.00 bits per heavy atom. The number of carbonyl (C=O) groups is 1. The lowest BCUT2D eigenvalue weighted by atomic mass is 9.64. The molecule has 3 heteroatoms. The van der Waals surface area contributed by atoms with Crippen molar-refractivity contribution < 1.29 is 9.90 Å². The summed E-state index contributed by atoms with van der Waals surface area (Å²) in [5.74, 6) is 1.87. The lowest BCUT2D eigenvalue weighted by Gasteiger charge is -2.41. The van der Waals surface area contributed by atoms with E-state index in [4.69, 9.17) is 0 Å². The SMILES string of the molecule is CC(C)C(O)CNC(=O)C(C1CCC1)C1CCC1. The number of aliphatic hydroxyl groups is 1. The van der Waals surface area contributed by atoms with Crippen LogP contribution in [0.15, 0.2) is 0 Å². The smallest absolute Gasteiger partial charge is 0.223 e. The molecule has 2 aliphatic carbocycles. The largest absolute Gasteiger partial charge is 0.391 e. The Balaban J connectivity index is 1.83. The first-order chi connectivity index (χ1) is 8.59. The number of aliphatic hydroxyl groups excluding tert-OH is 1. The molecule has 104 valence electrons. The molecule has 0 aromatic rings. The molecule has 0 aromatic carbocycles. The fraction of sp³-hybridized carbons (Fsp3) is 0.933. The van der Waals surface area contributed by atoms with Gasteiger partial charge in [0.15, 0.2) is 0 Å². The van der Waals surface area contributed by atoms with Gasteiger partial charge in [0.25, 0.3) is 0 Å². The molecule has 2 saturated carbocycles. The third kappa shape index (κ3) is 3.05. The van der Waals surface area contributed by atoms with E-state index in [9.17, 15) is 9.90 Å². The average Bonchev–Trinajstić information content (AvgIpc) is 2.19. The summed E-state index contributed by atoms with van der Waals surface area (Å²) in [7, 11) is 0. The predicted octanol–water partition coefficient (Wildman–Crippen LogP) is 2.34. The Hall–Kier alpha value is -0.570. The maximum atomic E-state index is 12.3. The van der Waals surface area contributed by atoms with Gasteiger partial charge >= 0.3 is 0 Å². The van der Waals surface area contributed by atoms with Crippen LogP contribution in [0.2, 0.25) is 0 Å². The van der Waals surface area contributed by atoms with Crippen molar-refractivity contribution in [3.05, 3.63) is 0 Å². The molecule has 2 N–H and O–H groups in total. The minimum absolute atomic E-state index is 0.198. The summed E-state index contributed by atoms with van der Waals surface area (Å²) in [5, 5.41) is 12.7. The van der Waals surface area contributed by atoms with Gasteiger partial charge in [-0.25, -0.2) is 0 Å². The number of amides is 1. The average molecular weight is 253 g/mol. The highest BCUT2D eigenvalue weighted by Gasteiger charge is 2.40. The molecule has 0 radical (unpaired) electrons. The van der Waals surface area contributed by atoms with Crippen molar-refractivity contribution in [2.24, 2.45) is 23.7 Å². The van der Waals surface area contributed by atoms with E-state index in [-0.39, 0.29) is 17.7 Å². The van der Waals surface area contributed by atoms with Crippen molar-refractivity contribution in [3.63, 3.8) is 0 Å². The van der Waals surface area contributed by atoms with Crippen molar-refractivity contribution in [1.82, 2.24) is 5.32 Å². The van der Waals surface area contributed by atoms with E-state index < -0.39 is 6.10 Å². The fourth-order valence-corrected chi connectivity index (χ4v) is 2.97. The second-order valence-electron chi connectivity index (χ2n) is 6.46. The molecule has 1 atom stereocenters. The van der Waals surface area contributed by atoms with E-state index in [2.05, 4.69) is 5.32 Å². The maximum Gasteiger partial charge on any atom is 0.223 e. The molecule has 2 rings (SSSR count). The van der Waals surface area contributed by atoms with Crippen LogP contribution in [0.1, 0.15) is 52.4 Å². The Morgan fingerprint density at radius 2 is 1.67 bits per heavy atom. The molecule has 1 unspecified atom stereocenters. The monoisotopic (exact) mass is 253 g/mol. The molecule has 2 fully saturated rings. The standard InChI is InChI=1S/C15H27NO2/c1-10(2)13(17)9-16-15(18)14(11-5-3-6-11)12-7-4-8-12/h10-14,17H,3-9H2,1-2H3,(H,16,18). The summed E-state index contributed by atoms with van der Waals surface area (Å²) in [4.78, 5) is 12.3. The van der Waals surface area contributed by atoms with Gasteiger partial charge in [0.1, 0.15) is 0 Å². The van der Waals surface area contributed by atoms with Crippen LogP contribution in [0.5, 0.6) is 0 Å². The predicted molar refractivity (Wildman–Crippen MR) is 72.0 cm³/mol. The molecule has 0 aromatic heterocycles. The Morgan fingerprint density at radius 1 is 1.17 bits per heavy atom. The van der Waals surface area contributed by atoms with E-state index in [1.54, 1.807) is 0 Å². The van der Waals surface area contributed by atoms with Gasteiger partial charge in [-0.15, -0.1) is 0 Å².